The number of likely N-dealkylation sites (tertiary alicyclic amines) is 1. The Morgan fingerprint density at radius 2 is 1.94 bits per heavy atom. The topological polar surface area (TPSA) is 83.9 Å². The maximum absolute atomic E-state index is 12.5. The molecule has 1 spiro atoms. The van der Waals surface area contributed by atoms with Crippen LogP contribution in [0.2, 0.25) is 10.0 Å². The van der Waals surface area contributed by atoms with Gasteiger partial charge in [0.1, 0.15) is 5.02 Å². The summed E-state index contributed by atoms with van der Waals surface area (Å²) in [7, 11) is 1.65. The lowest BCUT2D eigenvalue weighted by Gasteiger charge is -2.59. The third-order valence-electron chi connectivity index (χ3n) is 7.01. The molecule has 0 bridgehead atoms. The van der Waals surface area contributed by atoms with Crippen LogP contribution in [0, 0.1) is 11.3 Å². The van der Waals surface area contributed by atoms with E-state index in [0.29, 0.717) is 21.7 Å². The van der Waals surface area contributed by atoms with Crippen molar-refractivity contribution in [3.63, 3.8) is 0 Å². The highest BCUT2D eigenvalue weighted by Crippen LogP contribution is 2.53. The number of halogens is 2. The van der Waals surface area contributed by atoms with Crippen molar-refractivity contribution in [3.05, 3.63) is 66.4 Å². The Morgan fingerprint density at radius 1 is 1.16 bits per heavy atom. The second-order valence-corrected chi connectivity index (χ2v) is 10.2. The van der Waals surface area contributed by atoms with E-state index >= 15 is 0 Å². The van der Waals surface area contributed by atoms with Crippen LogP contribution in [0.5, 0.6) is 0 Å². The van der Waals surface area contributed by atoms with Gasteiger partial charge < -0.3 is 4.90 Å². The van der Waals surface area contributed by atoms with Crippen molar-refractivity contribution in [2.45, 2.75) is 32.1 Å². The summed E-state index contributed by atoms with van der Waals surface area (Å²) in [5, 5.41) is 12.6. The van der Waals surface area contributed by atoms with Crippen LogP contribution < -0.4 is 11.1 Å². The Kier molecular flexibility index (Phi) is 5.60. The van der Waals surface area contributed by atoms with Crippen molar-refractivity contribution in [1.82, 2.24) is 24.9 Å². The summed E-state index contributed by atoms with van der Waals surface area (Å²) >= 11 is 12.4. The molecule has 1 aromatic carbocycles. The molecule has 168 valence electrons. The molecule has 2 aromatic heterocycles. The van der Waals surface area contributed by atoms with E-state index in [1.165, 1.54) is 17.5 Å². The molecule has 1 N–H and O–H groups in total. The highest BCUT2D eigenvalue weighted by Gasteiger charge is 2.51. The van der Waals surface area contributed by atoms with Gasteiger partial charge in [-0.25, -0.2) is 9.78 Å². The molecule has 32 heavy (non-hydrogen) atoms. The molecule has 3 heterocycles. The first kappa shape index (κ1) is 21.6. The lowest BCUT2D eigenvalue weighted by molar-refractivity contribution is -0.0936. The molecule has 5 rings (SSSR count). The number of H-pyrrole nitrogens is 1. The number of nitrogens with one attached hydrogen (secondary N) is 1. The Labute approximate surface area is 195 Å². The molecule has 9 heteroatoms. The zero-order valence-corrected chi connectivity index (χ0v) is 19.4. The van der Waals surface area contributed by atoms with E-state index in [1.807, 2.05) is 12.1 Å². The molecule has 0 unspecified atom stereocenters. The number of nitrogens with zero attached hydrogens (tertiary/aromatic N) is 4. The van der Waals surface area contributed by atoms with Gasteiger partial charge in [-0.05, 0) is 67.2 Å². The second kappa shape index (κ2) is 8.28. The van der Waals surface area contributed by atoms with E-state index in [9.17, 15) is 9.59 Å². The predicted molar refractivity (Wildman–Crippen MR) is 125 cm³/mol. The SMILES string of the molecule is Cn1ncc2c(CC3CC4(C3)CN(CCCc3cn[nH]c(=O)c3Cl)C4)ccc(Cl)c2c1=O. The Bertz CT molecular complexity index is 1290. The van der Waals surface area contributed by atoms with Crippen molar-refractivity contribution in [2.24, 2.45) is 18.4 Å². The average molecular weight is 474 g/mol. The van der Waals surface area contributed by atoms with Gasteiger partial charge in [-0.15, -0.1) is 0 Å². The molecule has 0 radical (unpaired) electrons. The number of aromatic amines is 1. The zero-order valence-electron chi connectivity index (χ0n) is 17.9. The number of fused-ring (bicyclic) bond motifs is 1. The monoisotopic (exact) mass is 473 g/mol. The minimum atomic E-state index is -0.322. The molecule has 3 aromatic rings. The fourth-order valence-corrected chi connectivity index (χ4v) is 6.00. The Hall–Kier alpha value is -2.22. The smallest absolute Gasteiger partial charge is 0.283 e. The maximum atomic E-state index is 12.5. The summed E-state index contributed by atoms with van der Waals surface area (Å²) in [6.07, 6.45) is 8.52. The van der Waals surface area contributed by atoms with Crippen molar-refractivity contribution in [1.29, 1.82) is 0 Å². The summed E-state index contributed by atoms with van der Waals surface area (Å²) in [5.41, 5.74) is 1.95. The number of hydrogen-bond acceptors (Lipinski definition) is 5. The number of benzene rings is 1. The Morgan fingerprint density at radius 3 is 2.72 bits per heavy atom. The normalized spacial score (nSPS) is 18.1. The second-order valence-electron chi connectivity index (χ2n) is 9.40. The van der Waals surface area contributed by atoms with E-state index in [2.05, 4.69) is 20.2 Å². The van der Waals surface area contributed by atoms with Crippen molar-refractivity contribution < 1.29 is 0 Å². The molecule has 1 aliphatic carbocycles. The van der Waals surface area contributed by atoms with Crippen LogP contribution in [0.25, 0.3) is 10.8 Å². The molecular formula is C23H25Cl2N5O2. The first-order valence-corrected chi connectivity index (χ1v) is 11.7. The van der Waals surface area contributed by atoms with Crippen LogP contribution in [0.15, 0.2) is 34.1 Å². The van der Waals surface area contributed by atoms with Crippen LogP contribution in [0.1, 0.15) is 30.4 Å². The van der Waals surface area contributed by atoms with Crippen LogP contribution in [0.4, 0.5) is 0 Å². The summed E-state index contributed by atoms with van der Waals surface area (Å²) in [4.78, 5) is 26.5. The third kappa shape index (κ3) is 3.87. The van der Waals surface area contributed by atoms with Gasteiger partial charge >= 0.3 is 0 Å². The van der Waals surface area contributed by atoms with E-state index in [0.717, 1.165) is 55.4 Å². The summed E-state index contributed by atoms with van der Waals surface area (Å²) < 4.78 is 1.33. The van der Waals surface area contributed by atoms with E-state index in [4.69, 9.17) is 23.2 Å². The lowest BCUT2D eigenvalue weighted by atomic mass is 9.56. The molecule has 7 nitrogen and oxygen atoms in total. The minimum absolute atomic E-state index is 0.147. The molecular weight excluding hydrogens is 449 g/mol. The lowest BCUT2D eigenvalue weighted by Crippen LogP contribution is -2.62. The molecule has 0 atom stereocenters. The number of aryl methyl sites for hydroxylation is 2. The van der Waals surface area contributed by atoms with Gasteiger partial charge in [0.25, 0.3) is 11.1 Å². The summed E-state index contributed by atoms with van der Waals surface area (Å²) in [6.45, 7) is 3.27. The van der Waals surface area contributed by atoms with Crippen molar-refractivity contribution in [2.75, 3.05) is 19.6 Å². The maximum Gasteiger partial charge on any atom is 0.283 e. The van der Waals surface area contributed by atoms with Gasteiger partial charge in [0, 0.05) is 25.5 Å². The van der Waals surface area contributed by atoms with E-state index in [1.54, 1.807) is 19.4 Å². The summed E-state index contributed by atoms with van der Waals surface area (Å²) in [6, 6.07) is 3.88. The fourth-order valence-electron chi connectivity index (χ4n) is 5.56. The van der Waals surface area contributed by atoms with Gasteiger partial charge in [-0.3, -0.25) is 9.59 Å². The van der Waals surface area contributed by atoms with Crippen molar-refractivity contribution in [3.8, 4) is 0 Å². The highest BCUT2D eigenvalue weighted by molar-refractivity contribution is 6.35. The largest absolute Gasteiger partial charge is 0.302 e. The molecule has 1 aliphatic heterocycles. The predicted octanol–water partition coefficient (Wildman–Crippen LogP) is 3.21. The van der Waals surface area contributed by atoms with Gasteiger partial charge in [-0.2, -0.15) is 10.2 Å². The quantitative estimate of drug-likeness (QED) is 0.593. The van der Waals surface area contributed by atoms with Crippen LogP contribution in [-0.2, 0) is 19.9 Å². The first-order chi connectivity index (χ1) is 15.3. The van der Waals surface area contributed by atoms with Crippen LogP contribution >= 0.6 is 23.2 Å². The molecule has 1 saturated carbocycles. The summed E-state index contributed by atoms with van der Waals surface area (Å²) in [5.74, 6) is 0.631. The fraction of sp³-hybridized carbons (Fsp3) is 0.478. The number of hydrogen-bond donors (Lipinski definition) is 1. The van der Waals surface area contributed by atoms with E-state index in [-0.39, 0.29) is 16.1 Å². The van der Waals surface area contributed by atoms with Crippen molar-refractivity contribution >= 4 is 34.0 Å². The van der Waals surface area contributed by atoms with Crippen LogP contribution in [-0.4, -0.2) is 44.5 Å². The minimum Gasteiger partial charge on any atom is -0.302 e. The van der Waals surface area contributed by atoms with Gasteiger partial charge in [-0.1, -0.05) is 29.3 Å². The molecule has 1 saturated heterocycles. The van der Waals surface area contributed by atoms with Gasteiger partial charge in [0.05, 0.1) is 22.8 Å². The number of rotatable bonds is 6. The number of aromatic nitrogens is 4. The molecule has 2 fully saturated rings. The van der Waals surface area contributed by atoms with Gasteiger partial charge in [0.2, 0.25) is 0 Å². The van der Waals surface area contributed by atoms with E-state index < -0.39 is 0 Å². The average Bonchev–Trinajstić information content (AvgIpc) is 2.71. The molecule has 0 amide bonds. The van der Waals surface area contributed by atoms with Crippen LogP contribution in [0.3, 0.4) is 0 Å². The van der Waals surface area contributed by atoms with Gasteiger partial charge in [0.15, 0.2) is 0 Å². The highest BCUT2D eigenvalue weighted by atomic mass is 35.5. The molecule has 2 aliphatic rings. The zero-order chi connectivity index (χ0) is 22.5. The third-order valence-corrected chi connectivity index (χ3v) is 7.74. The first-order valence-electron chi connectivity index (χ1n) is 10.9. The Balaban J connectivity index is 1.13. The standard InChI is InChI=1S/C23H25Cl2N5O2/c1-29-22(32)19-17(11-27-29)15(4-5-18(19)24)7-14-8-23(9-14)12-30(13-23)6-2-3-16-10-26-28-21(31)20(16)25/h4-5,10-11,14H,2-3,6-9,12-13H2,1H3,(H,28,31).